The maximum atomic E-state index is 12.9. The van der Waals surface area contributed by atoms with Gasteiger partial charge in [-0.2, -0.15) is 0 Å². The Morgan fingerprint density at radius 1 is 1.41 bits per heavy atom. The number of thioether (sulfide) groups is 1. The Morgan fingerprint density at radius 3 is 2.94 bits per heavy atom. The number of nitro groups is 1. The van der Waals surface area contributed by atoms with E-state index in [-0.39, 0.29) is 30.7 Å². The fraction of sp³-hybridized carbons (Fsp3) is 0.435. The fourth-order valence-electron chi connectivity index (χ4n) is 4.22. The first-order chi connectivity index (χ1) is 16.4. The average molecular weight is 487 g/mol. The molecule has 2 atom stereocenters. The van der Waals surface area contributed by atoms with Crippen LogP contribution in [0.2, 0.25) is 0 Å². The van der Waals surface area contributed by atoms with Crippen molar-refractivity contribution >= 4 is 34.5 Å². The smallest absolute Gasteiger partial charge is 0.338 e. The number of aliphatic imine (C=N–C) groups is 1. The standard InChI is InChI=1S/C23H26N4O6S/c1-3-32-22(29)20-14(2)25-23-26(21(20)15-6-4-7-16(10-15)27(30)31)17(13-34-23)11-19(28)24-12-18-8-5-9-33-18/h4,6-7,10,13,18,21H,3,5,8-9,11-12H2,1-2H3,(H,24,28)/t18-,21+/m1/s1. The van der Waals surface area contributed by atoms with E-state index in [1.165, 1.54) is 23.9 Å². The molecule has 1 aromatic carbocycles. The SMILES string of the molecule is CCOC(=O)C1=C(C)N=C2SC=C(CC(=O)NC[C@H]3CCCO3)N2[C@H]1c1cccc([N+](=O)[O-])c1. The highest BCUT2D eigenvalue weighted by molar-refractivity contribution is 8.16. The van der Waals surface area contributed by atoms with Gasteiger partial charge in [0.1, 0.15) is 0 Å². The van der Waals surface area contributed by atoms with Crippen LogP contribution >= 0.6 is 11.8 Å². The Morgan fingerprint density at radius 2 is 2.24 bits per heavy atom. The third-order valence-electron chi connectivity index (χ3n) is 5.79. The normalized spacial score (nSPS) is 21.6. The van der Waals surface area contributed by atoms with E-state index in [9.17, 15) is 19.7 Å². The molecule has 180 valence electrons. The Kier molecular flexibility index (Phi) is 7.32. The number of nitrogens with zero attached hydrogens (tertiary/aromatic N) is 3. The molecule has 0 spiro atoms. The van der Waals surface area contributed by atoms with Crippen LogP contribution < -0.4 is 5.32 Å². The molecular formula is C23H26N4O6S. The number of fused-ring (bicyclic) bond motifs is 1. The largest absolute Gasteiger partial charge is 0.463 e. The Bertz CT molecular complexity index is 1090. The number of esters is 1. The predicted molar refractivity (Wildman–Crippen MR) is 127 cm³/mol. The van der Waals surface area contributed by atoms with Crippen LogP contribution in [0.25, 0.3) is 0 Å². The highest BCUT2D eigenvalue weighted by Gasteiger charge is 2.41. The number of benzene rings is 1. The topological polar surface area (TPSA) is 123 Å². The summed E-state index contributed by atoms with van der Waals surface area (Å²) in [5.41, 5.74) is 1.87. The molecule has 4 rings (SSSR count). The lowest BCUT2D eigenvalue weighted by atomic mass is 9.93. The summed E-state index contributed by atoms with van der Waals surface area (Å²) in [6.45, 7) is 4.76. The van der Waals surface area contributed by atoms with Crippen molar-refractivity contribution in [1.82, 2.24) is 10.2 Å². The number of amides is 1. The molecule has 0 bridgehead atoms. The summed E-state index contributed by atoms with van der Waals surface area (Å²) in [5.74, 6) is -0.719. The van der Waals surface area contributed by atoms with E-state index in [0.29, 0.717) is 40.8 Å². The third-order valence-corrected chi connectivity index (χ3v) is 6.67. The van der Waals surface area contributed by atoms with Gasteiger partial charge in [0.05, 0.1) is 41.4 Å². The number of non-ortho nitro benzene ring substituents is 1. The van der Waals surface area contributed by atoms with Gasteiger partial charge in [-0.05, 0) is 37.7 Å². The molecule has 0 unspecified atom stereocenters. The zero-order valence-electron chi connectivity index (χ0n) is 19.0. The van der Waals surface area contributed by atoms with Gasteiger partial charge in [0.2, 0.25) is 5.91 Å². The van der Waals surface area contributed by atoms with Gasteiger partial charge >= 0.3 is 5.97 Å². The van der Waals surface area contributed by atoms with Crippen LogP contribution in [0.3, 0.4) is 0 Å². The number of nitrogens with one attached hydrogen (secondary N) is 1. The minimum Gasteiger partial charge on any atom is -0.463 e. The predicted octanol–water partition coefficient (Wildman–Crippen LogP) is 3.42. The minimum atomic E-state index is -0.710. The van der Waals surface area contributed by atoms with Crippen LogP contribution in [0, 0.1) is 10.1 Å². The van der Waals surface area contributed by atoms with Crippen LogP contribution in [0.4, 0.5) is 5.69 Å². The van der Waals surface area contributed by atoms with Gasteiger partial charge in [-0.1, -0.05) is 23.9 Å². The molecule has 0 saturated carbocycles. The molecule has 11 heteroatoms. The van der Waals surface area contributed by atoms with E-state index >= 15 is 0 Å². The first-order valence-corrected chi connectivity index (χ1v) is 12.0. The van der Waals surface area contributed by atoms with Gasteiger partial charge in [0, 0.05) is 31.0 Å². The molecule has 34 heavy (non-hydrogen) atoms. The number of carbonyl (C=O) groups is 2. The lowest BCUT2D eigenvalue weighted by Gasteiger charge is -2.36. The highest BCUT2D eigenvalue weighted by Crippen LogP contribution is 2.45. The number of allylic oxidation sites excluding steroid dienone is 1. The van der Waals surface area contributed by atoms with E-state index in [2.05, 4.69) is 10.3 Å². The average Bonchev–Trinajstić information content (AvgIpc) is 3.47. The number of hydrogen-bond acceptors (Lipinski definition) is 9. The van der Waals surface area contributed by atoms with E-state index in [1.54, 1.807) is 30.9 Å². The van der Waals surface area contributed by atoms with Crippen LogP contribution in [-0.4, -0.2) is 52.7 Å². The Labute approximate surface area is 201 Å². The third kappa shape index (κ3) is 5.00. The summed E-state index contributed by atoms with van der Waals surface area (Å²) >= 11 is 1.35. The quantitative estimate of drug-likeness (QED) is 0.337. The molecule has 0 radical (unpaired) electrons. The zero-order valence-corrected chi connectivity index (χ0v) is 19.8. The molecule has 1 N–H and O–H groups in total. The second kappa shape index (κ2) is 10.4. The van der Waals surface area contributed by atoms with Gasteiger partial charge in [0.25, 0.3) is 5.69 Å². The van der Waals surface area contributed by atoms with Crippen molar-refractivity contribution in [2.75, 3.05) is 19.8 Å². The van der Waals surface area contributed by atoms with Crippen LogP contribution in [0.15, 0.2) is 51.6 Å². The van der Waals surface area contributed by atoms with E-state index in [0.717, 1.165) is 12.8 Å². The number of hydrogen-bond donors (Lipinski definition) is 1. The highest BCUT2D eigenvalue weighted by atomic mass is 32.2. The molecule has 1 saturated heterocycles. The Hall–Kier alpha value is -3.18. The first kappa shape index (κ1) is 24.0. The molecular weight excluding hydrogens is 460 g/mol. The molecule has 10 nitrogen and oxygen atoms in total. The minimum absolute atomic E-state index is 0.0293. The van der Waals surface area contributed by atoms with Gasteiger partial charge < -0.3 is 19.7 Å². The monoisotopic (exact) mass is 486 g/mol. The van der Waals surface area contributed by atoms with Crippen LogP contribution in [-0.2, 0) is 19.1 Å². The second-order valence-corrected chi connectivity index (χ2v) is 8.92. The van der Waals surface area contributed by atoms with Crippen LogP contribution in [0.5, 0.6) is 0 Å². The van der Waals surface area contributed by atoms with Crippen molar-refractivity contribution < 1.29 is 24.0 Å². The molecule has 0 aromatic heterocycles. The summed E-state index contributed by atoms with van der Waals surface area (Å²) in [5, 5.41) is 16.8. The van der Waals surface area contributed by atoms with Crippen molar-refractivity contribution in [2.45, 2.75) is 45.3 Å². The lowest BCUT2D eigenvalue weighted by Crippen LogP contribution is -2.38. The van der Waals surface area contributed by atoms with Gasteiger partial charge in [-0.3, -0.25) is 14.9 Å². The molecule has 1 aromatic rings. The first-order valence-electron chi connectivity index (χ1n) is 11.1. The zero-order chi connectivity index (χ0) is 24.2. The molecule has 3 heterocycles. The molecule has 0 aliphatic carbocycles. The fourth-order valence-corrected chi connectivity index (χ4v) is 5.19. The van der Waals surface area contributed by atoms with Crippen LogP contribution in [0.1, 0.15) is 44.7 Å². The number of ether oxygens (including phenoxy) is 2. The number of rotatable bonds is 8. The van der Waals surface area contributed by atoms with E-state index in [4.69, 9.17) is 9.47 Å². The maximum absolute atomic E-state index is 12.9. The van der Waals surface area contributed by atoms with E-state index in [1.807, 2.05) is 5.41 Å². The summed E-state index contributed by atoms with van der Waals surface area (Å²) in [4.78, 5) is 43.0. The summed E-state index contributed by atoms with van der Waals surface area (Å²) in [6.07, 6.45) is 2.01. The maximum Gasteiger partial charge on any atom is 0.338 e. The molecule has 1 amide bonds. The summed E-state index contributed by atoms with van der Waals surface area (Å²) in [7, 11) is 0. The second-order valence-electron chi connectivity index (χ2n) is 8.08. The molecule has 3 aliphatic rings. The summed E-state index contributed by atoms with van der Waals surface area (Å²) in [6, 6.07) is 5.44. The van der Waals surface area contributed by atoms with E-state index < -0.39 is 16.9 Å². The molecule has 3 aliphatic heterocycles. The van der Waals surface area contributed by atoms with Gasteiger partial charge in [-0.25, -0.2) is 9.79 Å². The number of carbonyl (C=O) groups excluding carboxylic acids is 2. The number of nitro benzene ring substituents is 1. The van der Waals surface area contributed by atoms with Crippen molar-refractivity contribution in [2.24, 2.45) is 4.99 Å². The number of amidine groups is 1. The lowest BCUT2D eigenvalue weighted by molar-refractivity contribution is -0.384. The molecule has 1 fully saturated rings. The van der Waals surface area contributed by atoms with Crippen molar-refractivity contribution in [1.29, 1.82) is 0 Å². The Balaban J connectivity index is 1.64. The van der Waals surface area contributed by atoms with Crippen molar-refractivity contribution in [3.63, 3.8) is 0 Å². The van der Waals surface area contributed by atoms with Gasteiger partial charge in [0.15, 0.2) is 5.17 Å². The van der Waals surface area contributed by atoms with Crippen molar-refractivity contribution in [3.05, 3.63) is 62.3 Å². The van der Waals surface area contributed by atoms with Gasteiger partial charge in [-0.15, -0.1) is 0 Å². The summed E-state index contributed by atoms with van der Waals surface area (Å²) < 4.78 is 10.9. The van der Waals surface area contributed by atoms with Crippen molar-refractivity contribution in [3.8, 4) is 0 Å².